The van der Waals surface area contributed by atoms with Gasteiger partial charge in [0.15, 0.2) is 5.70 Å². The molecule has 0 saturated heterocycles. The lowest BCUT2D eigenvalue weighted by molar-refractivity contribution is 0.433. The van der Waals surface area contributed by atoms with Gasteiger partial charge in [0.1, 0.15) is 6.07 Å². The second-order valence-electron chi connectivity index (χ2n) is 1.34. The van der Waals surface area contributed by atoms with Gasteiger partial charge in [-0.3, -0.25) is 0 Å². The van der Waals surface area contributed by atoms with Crippen LogP contribution in [-0.2, 0) is 0 Å². The summed E-state index contributed by atoms with van der Waals surface area (Å²) in [4.78, 5) is 3.51. The van der Waals surface area contributed by atoms with Gasteiger partial charge in [0.05, 0.1) is 0 Å². The first-order valence-electron chi connectivity index (χ1n) is 2.55. The molecule has 0 fully saturated rings. The maximum absolute atomic E-state index is 8.76. The molecular formula is C7H6N2O. The molecule has 0 unspecified atom stereocenters. The Hall–Kier alpha value is -1.74. The van der Waals surface area contributed by atoms with Crippen LogP contribution < -0.4 is 0 Å². The molecule has 0 saturated carbocycles. The minimum Gasteiger partial charge on any atom is -0.499 e. The van der Waals surface area contributed by atoms with Crippen LogP contribution >= 0.6 is 0 Å². The molecule has 0 atom stereocenters. The van der Waals surface area contributed by atoms with Gasteiger partial charge in [-0.15, -0.1) is 6.42 Å². The van der Waals surface area contributed by atoms with Crippen molar-refractivity contribution in [3.05, 3.63) is 11.5 Å². The molecule has 0 aliphatic rings. The zero-order valence-electron chi connectivity index (χ0n) is 5.50. The van der Waals surface area contributed by atoms with E-state index in [0.29, 0.717) is 0 Å². The normalized spacial score (nSPS) is 11.9. The van der Waals surface area contributed by atoms with Crippen LogP contribution in [-0.4, -0.2) is 11.3 Å². The monoisotopic (exact) mass is 134 g/mol. The molecule has 3 nitrogen and oxygen atoms in total. The molecule has 1 N–H and O–H groups in total. The summed E-state index contributed by atoms with van der Waals surface area (Å²) in [6.45, 7) is 1.63. The van der Waals surface area contributed by atoms with Crippen molar-refractivity contribution in [1.82, 2.24) is 0 Å². The molecule has 0 amide bonds. The van der Waals surface area contributed by atoms with Crippen LogP contribution in [0.1, 0.15) is 6.92 Å². The Morgan fingerprint density at radius 2 is 2.40 bits per heavy atom. The van der Waals surface area contributed by atoms with E-state index in [1.165, 1.54) is 6.21 Å². The second kappa shape index (κ2) is 4.17. The molecule has 0 aromatic rings. The number of rotatable bonds is 1. The molecule has 0 aromatic carbocycles. The first-order chi connectivity index (χ1) is 4.76. The van der Waals surface area contributed by atoms with E-state index in [2.05, 4.69) is 4.99 Å². The first-order valence-corrected chi connectivity index (χ1v) is 2.55. The summed E-state index contributed by atoms with van der Waals surface area (Å²) in [6, 6.07) is 1.64. The van der Waals surface area contributed by atoms with E-state index in [9.17, 15) is 0 Å². The maximum Gasteiger partial charge on any atom is 0.204 e. The zero-order valence-corrected chi connectivity index (χ0v) is 5.50. The summed E-state index contributed by atoms with van der Waals surface area (Å²) < 4.78 is 0. The number of terminal acetylenes is 1. The minimum atomic E-state index is -0.430. The van der Waals surface area contributed by atoms with Crippen LogP contribution in [0.15, 0.2) is 16.4 Å². The lowest BCUT2D eigenvalue weighted by Crippen LogP contribution is -1.82. The summed E-state index contributed by atoms with van der Waals surface area (Å²) in [7, 11) is 0. The third kappa shape index (κ3) is 2.02. The molecule has 0 spiro atoms. The van der Waals surface area contributed by atoms with E-state index in [1.807, 2.05) is 5.92 Å². The number of nitrogens with zero attached hydrogens (tertiary/aromatic N) is 2. The van der Waals surface area contributed by atoms with Crippen LogP contribution in [0, 0.1) is 23.7 Å². The maximum atomic E-state index is 8.76. The molecule has 0 bridgehead atoms. The SMILES string of the molecule is C#C/C(O)=C(/C#N)N=CC. The Morgan fingerprint density at radius 3 is 2.70 bits per heavy atom. The van der Waals surface area contributed by atoms with Crippen LogP contribution in [0.2, 0.25) is 0 Å². The topological polar surface area (TPSA) is 56.4 Å². The summed E-state index contributed by atoms with van der Waals surface area (Å²) in [5.74, 6) is 1.47. The highest BCUT2D eigenvalue weighted by atomic mass is 16.3. The predicted octanol–water partition coefficient (Wildman–Crippen LogP) is 1.00. The van der Waals surface area contributed by atoms with Crippen LogP contribution in [0.3, 0.4) is 0 Å². The third-order valence-electron chi connectivity index (χ3n) is 0.725. The van der Waals surface area contributed by atoms with Gasteiger partial charge in [-0.1, -0.05) is 0 Å². The number of nitriles is 1. The first kappa shape index (κ1) is 8.26. The summed E-state index contributed by atoms with van der Waals surface area (Å²) in [5.41, 5.74) is -0.134. The molecule has 0 heterocycles. The molecule has 0 aliphatic carbocycles. The molecule has 0 rings (SSSR count). The highest BCUT2D eigenvalue weighted by Crippen LogP contribution is 1.98. The molecular weight excluding hydrogens is 128 g/mol. The van der Waals surface area contributed by atoms with Gasteiger partial charge in [-0.2, -0.15) is 5.26 Å². The second-order valence-corrected chi connectivity index (χ2v) is 1.34. The van der Waals surface area contributed by atoms with E-state index in [1.54, 1.807) is 13.0 Å². The third-order valence-corrected chi connectivity index (χ3v) is 0.725. The Morgan fingerprint density at radius 1 is 1.80 bits per heavy atom. The van der Waals surface area contributed by atoms with Crippen molar-refractivity contribution in [1.29, 1.82) is 5.26 Å². The lowest BCUT2D eigenvalue weighted by Gasteiger charge is -1.86. The quantitative estimate of drug-likeness (QED) is 0.252. The van der Waals surface area contributed by atoms with Gasteiger partial charge in [-0.25, -0.2) is 4.99 Å². The summed E-state index contributed by atoms with van der Waals surface area (Å²) in [5, 5.41) is 17.0. The lowest BCUT2D eigenvalue weighted by atomic mass is 10.4. The highest BCUT2D eigenvalue weighted by molar-refractivity contribution is 5.57. The average Bonchev–Trinajstić information content (AvgIpc) is 1.99. The smallest absolute Gasteiger partial charge is 0.204 e. The number of aliphatic hydroxyl groups excluding tert-OH is 1. The Balaban J connectivity index is 4.72. The van der Waals surface area contributed by atoms with E-state index in [-0.39, 0.29) is 5.70 Å². The average molecular weight is 134 g/mol. The van der Waals surface area contributed by atoms with E-state index >= 15 is 0 Å². The predicted molar refractivity (Wildman–Crippen MR) is 38.3 cm³/mol. The van der Waals surface area contributed by atoms with Gasteiger partial charge in [0.25, 0.3) is 0 Å². The Bertz CT molecular complexity index is 250. The molecule has 3 heteroatoms. The van der Waals surface area contributed by atoms with Crippen LogP contribution in [0.25, 0.3) is 0 Å². The van der Waals surface area contributed by atoms with Crippen molar-refractivity contribution >= 4 is 6.21 Å². The van der Waals surface area contributed by atoms with Crippen LogP contribution in [0.5, 0.6) is 0 Å². The standard InChI is InChI=1S/C7H6N2O/c1-3-7(10)6(5-8)9-4-2/h1,4,10H,2H3/b7-6+,9-4?. The fraction of sp³-hybridized carbons (Fsp3) is 0.143. The van der Waals surface area contributed by atoms with Crippen molar-refractivity contribution in [3.8, 4) is 18.4 Å². The van der Waals surface area contributed by atoms with Gasteiger partial charge in [-0.05, 0) is 12.8 Å². The Labute approximate surface area is 59.3 Å². The van der Waals surface area contributed by atoms with Crippen molar-refractivity contribution in [2.45, 2.75) is 6.92 Å². The van der Waals surface area contributed by atoms with Gasteiger partial charge >= 0.3 is 0 Å². The number of allylic oxidation sites excluding steroid dienone is 2. The van der Waals surface area contributed by atoms with Crippen molar-refractivity contribution in [2.75, 3.05) is 0 Å². The summed E-state index contributed by atoms with van der Waals surface area (Å²) in [6.07, 6.45) is 6.18. The fourth-order valence-electron chi connectivity index (χ4n) is 0.340. The fourth-order valence-corrected chi connectivity index (χ4v) is 0.340. The Kier molecular flexibility index (Phi) is 3.44. The van der Waals surface area contributed by atoms with Gasteiger partial charge < -0.3 is 5.11 Å². The number of aliphatic imine (C=N–C) groups is 1. The number of hydrogen-bond acceptors (Lipinski definition) is 3. The zero-order chi connectivity index (χ0) is 7.98. The highest BCUT2D eigenvalue weighted by Gasteiger charge is 1.96. The summed E-state index contributed by atoms with van der Waals surface area (Å²) >= 11 is 0. The molecule has 10 heavy (non-hydrogen) atoms. The van der Waals surface area contributed by atoms with E-state index in [4.69, 9.17) is 16.8 Å². The van der Waals surface area contributed by atoms with Crippen molar-refractivity contribution < 1.29 is 5.11 Å². The van der Waals surface area contributed by atoms with Gasteiger partial charge in [0.2, 0.25) is 5.76 Å². The van der Waals surface area contributed by atoms with Crippen molar-refractivity contribution in [2.24, 2.45) is 4.99 Å². The molecule has 0 aliphatic heterocycles. The minimum absolute atomic E-state index is 0.134. The van der Waals surface area contributed by atoms with Crippen molar-refractivity contribution in [3.63, 3.8) is 0 Å². The van der Waals surface area contributed by atoms with Crippen LogP contribution in [0.4, 0.5) is 0 Å². The number of aliphatic hydroxyl groups is 1. The van der Waals surface area contributed by atoms with E-state index < -0.39 is 5.76 Å². The van der Waals surface area contributed by atoms with Gasteiger partial charge in [0, 0.05) is 6.21 Å². The number of hydrogen-bond donors (Lipinski definition) is 1. The van der Waals surface area contributed by atoms with E-state index in [0.717, 1.165) is 0 Å². The largest absolute Gasteiger partial charge is 0.499 e. The molecule has 0 aromatic heterocycles. The molecule has 50 valence electrons. The molecule has 0 radical (unpaired) electrons.